The van der Waals surface area contributed by atoms with Crippen LogP contribution in [0, 0.1) is 0 Å². The second-order valence-electron chi connectivity index (χ2n) is 6.60. The standard InChI is InChI=1S/C23H26N2O6S/c1-27-11-10-25-22(26)21(32-23(25)24-16-6-8-17(28-2)9-7-16)13-15-12-19(30-4)20(31-5)14-18(15)29-3/h6-9,12-14H,10-11H2,1-5H3. The number of amides is 1. The van der Waals surface area contributed by atoms with Crippen LogP contribution in [0.1, 0.15) is 5.56 Å². The number of carbonyl (C=O) groups is 1. The fourth-order valence-corrected chi connectivity index (χ4v) is 4.06. The first-order valence-corrected chi connectivity index (χ1v) is 10.6. The molecule has 1 saturated heterocycles. The number of hydrogen-bond acceptors (Lipinski definition) is 8. The molecule has 0 unspecified atom stereocenters. The lowest BCUT2D eigenvalue weighted by Crippen LogP contribution is -2.32. The van der Waals surface area contributed by atoms with Gasteiger partial charge in [0.15, 0.2) is 16.7 Å². The molecule has 2 aromatic carbocycles. The van der Waals surface area contributed by atoms with Gasteiger partial charge in [-0.2, -0.15) is 0 Å². The van der Waals surface area contributed by atoms with E-state index in [4.69, 9.17) is 23.7 Å². The average Bonchev–Trinajstić information content (AvgIpc) is 3.11. The number of aliphatic imine (C=N–C) groups is 1. The highest BCUT2D eigenvalue weighted by molar-refractivity contribution is 8.18. The number of amidine groups is 1. The highest BCUT2D eigenvalue weighted by Gasteiger charge is 2.33. The summed E-state index contributed by atoms with van der Waals surface area (Å²) in [6, 6.07) is 10.8. The Labute approximate surface area is 191 Å². The van der Waals surface area contributed by atoms with Crippen LogP contribution in [0.4, 0.5) is 5.69 Å². The molecule has 170 valence electrons. The topological polar surface area (TPSA) is 78.8 Å². The van der Waals surface area contributed by atoms with Crippen molar-refractivity contribution in [2.24, 2.45) is 4.99 Å². The third kappa shape index (κ3) is 5.17. The Morgan fingerprint density at radius 3 is 2.16 bits per heavy atom. The van der Waals surface area contributed by atoms with E-state index in [-0.39, 0.29) is 5.91 Å². The molecule has 1 fully saturated rings. The molecule has 0 spiro atoms. The second-order valence-corrected chi connectivity index (χ2v) is 7.61. The van der Waals surface area contributed by atoms with Crippen molar-refractivity contribution in [1.82, 2.24) is 4.90 Å². The van der Waals surface area contributed by atoms with Gasteiger partial charge in [-0.3, -0.25) is 9.69 Å². The zero-order chi connectivity index (χ0) is 23.1. The fourth-order valence-electron chi connectivity index (χ4n) is 3.05. The summed E-state index contributed by atoms with van der Waals surface area (Å²) in [7, 11) is 7.89. The average molecular weight is 459 g/mol. The predicted octanol–water partition coefficient (Wildman–Crippen LogP) is 3.97. The zero-order valence-corrected chi connectivity index (χ0v) is 19.5. The summed E-state index contributed by atoms with van der Waals surface area (Å²) in [4.78, 5) is 20.0. The van der Waals surface area contributed by atoms with Crippen molar-refractivity contribution in [3.8, 4) is 23.0 Å². The molecule has 1 heterocycles. The van der Waals surface area contributed by atoms with Crippen LogP contribution in [-0.4, -0.2) is 64.7 Å². The summed E-state index contributed by atoms with van der Waals surface area (Å²) in [5.74, 6) is 2.23. The van der Waals surface area contributed by atoms with Gasteiger partial charge in [0.25, 0.3) is 5.91 Å². The van der Waals surface area contributed by atoms with Crippen LogP contribution >= 0.6 is 11.8 Å². The molecule has 0 aromatic heterocycles. The van der Waals surface area contributed by atoms with Crippen molar-refractivity contribution >= 4 is 34.6 Å². The highest BCUT2D eigenvalue weighted by Crippen LogP contribution is 2.39. The molecule has 0 saturated carbocycles. The van der Waals surface area contributed by atoms with Crippen LogP contribution in [-0.2, 0) is 9.53 Å². The first kappa shape index (κ1) is 23.5. The maximum atomic E-state index is 13.2. The first-order valence-electron chi connectivity index (χ1n) is 9.77. The van der Waals surface area contributed by atoms with E-state index in [2.05, 4.69) is 4.99 Å². The molecule has 32 heavy (non-hydrogen) atoms. The van der Waals surface area contributed by atoms with Crippen molar-refractivity contribution in [1.29, 1.82) is 0 Å². The van der Waals surface area contributed by atoms with Crippen LogP contribution < -0.4 is 18.9 Å². The minimum atomic E-state index is -0.156. The van der Waals surface area contributed by atoms with E-state index in [0.29, 0.717) is 51.7 Å². The van der Waals surface area contributed by atoms with Gasteiger partial charge in [-0.1, -0.05) is 0 Å². The molecular weight excluding hydrogens is 432 g/mol. The summed E-state index contributed by atoms with van der Waals surface area (Å²) in [5.41, 5.74) is 1.41. The second kappa shape index (κ2) is 10.9. The van der Waals surface area contributed by atoms with E-state index in [1.54, 1.807) is 58.7 Å². The molecule has 1 aliphatic rings. The third-order valence-corrected chi connectivity index (χ3v) is 5.73. The van der Waals surface area contributed by atoms with Crippen molar-refractivity contribution in [3.63, 3.8) is 0 Å². The number of carbonyl (C=O) groups excluding carboxylic acids is 1. The Balaban J connectivity index is 1.99. The van der Waals surface area contributed by atoms with E-state index in [1.807, 2.05) is 24.3 Å². The van der Waals surface area contributed by atoms with Gasteiger partial charge in [-0.05, 0) is 48.2 Å². The lowest BCUT2D eigenvalue weighted by Gasteiger charge is -2.15. The van der Waals surface area contributed by atoms with Gasteiger partial charge in [0.1, 0.15) is 11.5 Å². The maximum absolute atomic E-state index is 13.2. The van der Waals surface area contributed by atoms with E-state index >= 15 is 0 Å². The lowest BCUT2D eigenvalue weighted by molar-refractivity contribution is -0.122. The summed E-state index contributed by atoms with van der Waals surface area (Å²) < 4.78 is 26.6. The molecule has 1 aliphatic heterocycles. The Bertz CT molecular complexity index is 1020. The van der Waals surface area contributed by atoms with E-state index in [1.165, 1.54) is 11.8 Å². The van der Waals surface area contributed by atoms with Gasteiger partial charge >= 0.3 is 0 Å². The Morgan fingerprint density at radius 1 is 0.906 bits per heavy atom. The molecule has 8 nitrogen and oxygen atoms in total. The predicted molar refractivity (Wildman–Crippen MR) is 125 cm³/mol. The number of methoxy groups -OCH3 is 5. The number of nitrogens with zero attached hydrogens (tertiary/aromatic N) is 2. The van der Waals surface area contributed by atoms with Crippen LogP contribution in [0.3, 0.4) is 0 Å². The zero-order valence-electron chi connectivity index (χ0n) is 18.7. The minimum absolute atomic E-state index is 0.156. The molecule has 0 bridgehead atoms. The summed E-state index contributed by atoms with van der Waals surface area (Å²) in [6.07, 6.45) is 1.77. The third-order valence-electron chi connectivity index (χ3n) is 4.73. The number of rotatable bonds is 9. The maximum Gasteiger partial charge on any atom is 0.266 e. The van der Waals surface area contributed by atoms with Crippen molar-refractivity contribution < 1.29 is 28.5 Å². The van der Waals surface area contributed by atoms with Gasteiger partial charge in [0, 0.05) is 18.7 Å². The minimum Gasteiger partial charge on any atom is -0.497 e. The number of hydrogen-bond donors (Lipinski definition) is 0. The molecule has 2 aromatic rings. The van der Waals surface area contributed by atoms with Gasteiger partial charge in [0.2, 0.25) is 0 Å². The first-order chi connectivity index (χ1) is 15.5. The summed E-state index contributed by atoms with van der Waals surface area (Å²) in [6.45, 7) is 0.776. The molecule has 0 radical (unpaired) electrons. The normalized spacial score (nSPS) is 16.0. The molecule has 0 atom stereocenters. The highest BCUT2D eigenvalue weighted by atomic mass is 32.2. The smallest absolute Gasteiger partial charge is 0.266 e. The largest absolute Gasteiger partial charge is 0.497 e. The van der Waals surface area contributed by atoms with Crippen molar-refractivity contribution in [3.05, 3.63) is 46.9 Å². The van der Waals surface area contributed by atoms with Crippen molar-refractivity contribution in [2.45, 2.75) is 0 Å². The van der Waals surface area contributed by atoms with Gasteiger partial charge in [0.05, 0.1) is 52.2 Å². The molecule has 9 heteroatoms. The number of thioether (sulfide) groups is 1. The van der Waals surface area contributed by atoms with Gasteiger partial charge in [-0.15, -0.1) is 0 Å². The van der Waals surface area contributed by atoms with E-state index < -0.39 is 0 Å². The summed E-state index contributed by atoms with van der Waals surface area (Å²) >= 11 is 1.29. The molecule has 3 rings (SSSR count). The fraction of sp³-hybridized carbons (Fsp3) is 0.304. The van der Waals surface area contributed by atoms with Crippen LogP contribution in [0.15, 0.2) is 46.3 Å². The molecule has 1 amide bonds. The monoisotopic (exact) mass is 458 g/mol. The number of ether oxygens (including phenoxy) is 5. The lowest BCUT2D eigenvalue weighted by atomic mass is 10.1. The van der Waals surface area contributed by atoms with Crippen molar-refractivity contribution in [2.75, 3.05) is 48.7 Å². The number of benzene rings is 2. The molecule has 0 N–H and O–H groups in total. The Morgan fingerprint density at radius 2 is 1.56 bits per heavy atom. The van der Waals surface area contributed by atoms with Crippen LogP contribution in [0.2, 0.25) is 0 Å². The molecular formula is C23H26N2O6S. The van der Waals surface area contributed by atoms with Crippen LogP contribution in [0.5, 0.6) is 23.0 Å². The summed E-state index contributed by atoms with van der Waals surface area (Å²) in [5, 5.41) is 0.572. The quantitative estimate of drug-likeness (QED) is 0.526. The van der Waals surface area contributed by atoms with E-state index in [9.17, 15) is 4.79 Å². The van der Waals surface area contributed by atoms with E-state index in [0.717, 1.165) is 5.75 Å². The van der Waals surface area contributed by atoms with Gasteiger partial charge in [-0.25, -0.2) is 4.99 Å². The molecule has 0 aliphatic carbocycles. The Hall–Kier alpha value is -3.17. The van der Waals surface area contributed by atoms with Crippen LogP contribution in [0.25, 0.3) is 6.08 Å². The SMILES string of the molecule is COCCN1C(=O)C(=Cc2cc(OC)c(OC)cc2OC)SC1=Nc1ccc(OC)cc1. The Kier molecular flexibility index (Phi) is 8.02. The van der Waals surface area contributed by atoms with Gasteiger partial charge < -0.3 is 23.7 Å².